The molecule has 2 unspecified atom stereocenters. The van der Waals surface area contributed by atoms with E-state index in [1.807, 2.05) is 26.8 Å². The van der Waals surface area contributed by atoms with Gasteiger partial charge in [0.15, 0.2) is 0 Å². The predicted octanol–water partition coefficient (Wildman–Crippen LogP) is 2.19. The van der Waals surface area contributed by atoms with Crippen molar-refractivity contribution in [1.29, 1.82) is 0 Å². The Morgan fingerprint density at radius 1 is 1.29 bits per heavy atom. The minimum absolute atomic E-state index is 0.0380. The number of halogens is 1. The highest BCUT2D eigenvalue weighted by Crippen LogP contribution is 2.21. The number of aryl methyl sites for hydroxylation is 2. The first-order valence-electron chi connectivity index (χ1n) is 6.06. The second-order valence-corrected chi connectivity index (χ2v) is 4.89. The third-order valence-corrected chi connectivity index (χ3v) is 3.55. The molecule has 0 saturated carbocycles. The molecule has 17 heavy (non-hydrogen) atoms. The monoisotopic (exact) mass is 239 g/mol. The summed E-state index contributed by atoms with van der Waals surface area (Å²) in [5.41, 5.74) is 8.36. The lowest BCUT2D eigenvalue weighted by atomic mass is 9.88. The lowest BCUT2D eigenvalue weighted by molar-refractivity contribution is 0.186. The van der Waals surface area contributed by atoms with E-state index >= 15 is 0 Å². The van der Waals surface area contributed by atoms with Gasteiger partial charge in [0.2, 0.25) is 0 Å². The number of hydrogen-bond donors (Lipinski definition) is 2. The molecule has 2 nitrogen and oxygen atoms in total. The van der Waals surface area contributed by atoms with Crippen molar-refractivity contribution in [1.82, 2.24) is 0 Å². The fourth-order valence-corrected chi connectivity index (χ4v) is 2.00. The molecule has 0 amide bonds. The second-order valence-electron chi connectivity index (χ2n) is 4.89. The molecule has 0 bridgehead atoms. The van der Waals surface area contributed by atoms with Crippen LogP contribution in [0.1, 0.15) is 23.6 Å². The zero-order valence-electron chi connectivity index (χ0n) is 10.8. The van der Waals surface area contributed by atoms with Gasteiger partial charge in [-0.1, -0.05) is 13.0 Å². The SMILES string of the molecule is Cc1cc(F)c(CC(C)C(CN)CO)cc1C. The van der Waals surface area contributed by atoms with Gasteiger partial charge in [-0.15, -0.1) is 0 Å². The second kappa shape index (κ2) is 6.12. The molecule has 0 radical (unpaired) electrons. The Morgan fingerprint density at radius 2 is 1.88 bits per heavy atom. The van der Waals surface area contributed by atoms with E-state index in [1.54, 1.807) is 6.07 Å². The van der Waals surface area contributed by atoms with Crippen molar-refractivity contribution < 1.29 is 9.50 Å². The Kier molecular flexibility index (Phi) is 5.09. The quantitative estimate of drug-likeness (QED) is 0.827. The van der Waals surface area contributed by atoms with Gasteiger partial charge in [0, 0.05) is 6.61 Å². The molecule has 0 aliphatic heterocycles. The topological polar surface area (TPSA) is 46.2 Å². The first-order chi connectivity index (χ1) is 7.99. The zero-order valence-corrected chi connectivity index (χ0v) is 10.8. The van der Waals surface area contributed by atoms with Crippen LogP contribution in [0.2, 0.25) is 0 Å². The largest absolute Gasteiger partial charge is 0.396 e. The third kappa shape index (κ3) is 3.51. The summed E-state index contributed by atoms with van der Waals surface area (Å²) in [7, 11) is 0. The maximum atomic E-state index is 13.8. The summed E-state index contributed by atoms with van der Waals surface area (Å²) in [4.78, 5) is 0. The molecule has 2 atom stereocenters. The molecule has 0 saturated heterocycles. The van der Waals surface area contributed by atoms with Gasteiger partial charge in [0.25, 0.3) is 0 Å². The van der Waals surface area contributed by atoms with Crippen LogP contribution in [-0.2, 0) is 6.42 Å². The van der Waals surface area contributed by atoms with Gasteiger partial charge in [-0.2, -0.15) is 0 Å². The maximum Gasteiger partial charge on any atom is 0.126 e. The van der Waals surface area contributed by atoms with E-state index in [2.05, 4.69) is 0 Å². The Bertz CT molecular complexity index is 375. The van der Waals surface area contributed by atoms with Crippen LogP contribution in [0.15, 0.2) is 12.1 Å². The van der Waals surface area contributed by atoms with Crippen molar-refractivity contribution in [2.75, 3.05) is 13.2 Å². The highest BCUT2D eigenvalue weighted by atomic mass is 19.1. The van der Waals surface area contributed by atoms with Crippen LogP contribution in [0.4, 0.5) is 4.39 Å². The van der Waals surface area contributed by atoms with E-state index in [9.17, 15) is 4.39 Å². The number of nitrogens with two attached hydrogens (primary N) is 1. The standard InChI is InChI=1S/C14H22FNO/c1-9-4-12(14(15)6-10(9)2)5-11(3)13(7-16)8-17/h4,6,11,13,17H,5,7-8,16H2,1-3H3. The van der Waals surface area contributed by atoms with Crippen molar-refractivity contribution in [3.8, 4) is 0 Å². The summed E-state index contributed by atoms with van der Waals surface area (Å²) in [5.74, 6) is 0.0614. The number of aliphatic hydroxyl groups excluding tert-OH is 1. The van der Waals surface area contributed by atoms with Gasteiger partial charge in [-0.3, -0.25) is 0 Å². The van der Waals surface area contributed by atoms with Crippen LogP contribution in [0.25, 0.3) is 0 Å². The van der Waals surface area contributed by atoms with Gasteiger partial charge in [0.1, 0.15) is 5.82 Å². The van der Waals surface area contributed by atoms with Gasteiger partial charge >= 0.3 is 0 Å². The van der Waals surface area contributed by atoms with Crippen LogP contribution in [0.3, 0.4) is 0 Å². The van der Waals surface area contributed by atoms with E-state index in [1.165, 1.54) is 0 Å². The molecule has 96 valence electrons. The average Bonchev–Trinajstić information content (AvgIpc) is 2.27. The summed E-state index contributed by atoms with van der Waals surface area (Å²) in [6.07, 6.45) is 0.620. The van der Waals surface area contributed by atoms with Crippen molar-refractivity contribution in [3.05, 3.63) is 34.6 Å². The Morgan fingerprint density at radius 3 is 2.41 bits per heavy atom. The molecule has 0 spiro atoms. The normalized spacial score (nSPS) is 14.7. The molecule has 3 heteroatoms. The van der Waals surface area contributed by atoms with E-state index in [0.29, 0.717) is 18.5 Å². The van der Waals surface area contributed by atoms with Crippen LogP contribution in [0, 0.1) is 31.5 Å². The number of hydrogen-bond acceptors (Lipinski definition) is 2. The minimum Gasteiger partial charge on any atom is -0.396 e. The van der Waals surface area contributed by atoms with Crippen LogP contribution < -0.4 is 5.73 Å². The van der Waals surface area contributed by atoms with Crippen molar-refractivity contribution in [3.63, 3.8) is 0 Å². The van der Waals surface area contributed by atoms with Crippen LogP contribution in [0.5, 0.6) is 0 Å². The van der Waals surface area contributed by atoms with Gasteiger partial charge in [-0.25, -0.2) is 4.39 Å². The van der Waals surface area contributed by atoms with Gasteiger partial charge in [0.05, 0.1) is 0 Å². The lowest BCUT2D eigenvalue weighted by Gasteiger charge is -2.21. The number of benzene rings is 1. The minimum atomic E-state index is -0.159. The zero-order chi connectivity index (χ0) is 13.0. The average molecular weight is 239 g/mol. The maximum absolute atomic E-state index is 13.8. The molecule has 0 aliphatic carbocycles. The summed E-state index contributed by atoms with van der Waals surface area (Å²) >= 11 is 0. The third-order valence-electron chi connectivity index (χ3n) is 3.55. The highest BCUT2D eigenvalue weighted by Gasteiger charge is 2.17. The van der Waals surface area contributed by atoms with E-state index in [0.717, 1.165) is 11.1 Å². The van der Waals surface area contributed by atoms with Crippen molar-refractivity contribution >= 4 is 0 Å². The molecular formula is C14H22FNO. The molecule has 0 fully saturated rings. The molecule has 0 aliphatic rings. The Hall–Kier alpha value is -0.930. The van der Waals surface area contributed by atoms with Crippen LogP contribution >= 0.6 is 0 Å². The van der Waals surface area contributed by atoms with E-state index in [-0.39, 0.29) is 24.3 Å². The smallest absolute Gasteiger partial charge is 0.126 e. The summed E-state index contributed by atoms with van der Waals surface area (Å²) in [6, 6.07) is 3.47. The van der Waals surface area contributed by atoms with Gasteiger partial charge in [-0.05, 0) is 61.4 Å². The highest BCUT2D eigenvalue weighted by molar-refractivity contribution is 5.31. The lowest BCUT2D eigenvalue weighted by Crippen LogP contribution is -2.26. The fourth-order valence-electron chi connectivity index (χ4n) is 2.00. The molecule has 3 N–H and O–H groups in total. The van der Waals surface area contributed by atoms with Crippen molar-refractivity contribution in [2.45, 2.75) is 27.2 Å². The summed E-state index contributed by atoms with van der Waals surface area (Å²) in [6.45, 7) is 6.38. The van der Waals surface area contributed by atoms with Crippen LogP contribution in [-0.4, -0.2) is 18.3 Å². The first kappa shape index (κ1) is 14.1. The fraction of sp³-hybridized carbons (Fsp3) is 0.571. The summed E-state index contributed by atoms with van der Waals surface area (Å²) < 4.78 is 13.8. The molecule has 0 heterocycles. The molecule has 1 aromatic carbocycles. The molecule has 1 rings (SSSR count). The summed E-state index contributed by atoms with van der Waals surface area (Å²) in [5, 5.41) is 9.17. The Labute approximate surface area is 103 Å². The van der Waals surface area contributed by atoms with E-state index < -0.39 is 0 Å². The first-order valence-corrected chi connectivity index (χ1v) is 6.06. The number of aliphatic hydroxyl groups is 1. The number of rotatable bonds is 5. The van der Waals surface area contributed by atoms with Crippen molar-refractivity contribution in [2.24, 2.45) is 17.6 Å². The predicted molar refractivity (Wildman–Crippen MR) is 68.4 cm³/mol. The molecule has 0 aromatic heterocycles. The molecular weight excluding hydrogens is 217 g/mol. The Balaban J connectivity index is 2.84. The van der Waals surface area contributed by atoms with E-state index in [4.69, 9.17) is 10.8 Å². The molecule has 1 aromatic rings. The van der Waals surface area contributed by atoms with Gasteiger partial charge < -0.3 is 10.8 Å².